The van der Waals surface area contributed by atoms with Crippen LogP contribution in [0.15, 0.2) is 28.5 Å². The number of nitrogens with one attached hydrogen (secondary N) is 1. The van der Waals surface area contributed by atoms with Gasteiger partial charge in [-0.1, -0.05) is 18.5 Å². The van der Waals surface area contributed by atoms with Gasteiger partial charge in [-0.2, -0.15) is 0 Å². The Bertz CT molecular complexity index is 786. The van der Waals surface area contributed by atoms with Crippen LogP contribution in [0.1, 0.15) is 6.92 Å². The van der Waals surface area contributed by atoms with E-state index in [0.29, 0.717) is 4.34 Å². The summed E-state index contributed by atoms with van der Waals surface area (Å²) in [6.07, 6.45) is 0. The summed E-state index contributed by atoms with van der Waals surface area (Å²) in [7, 11) is -3.68. The van der Waals surface area contributed by atoms with Gasteiger partial charge in [0.2, 0.25) is 0 Å². The fourth-order valence-corrected chi connectivity index (χ4v) is 4.95. The second-order valence-corrected chi connectivity index (χ2v) is 8.99. The van der Waals surface area contributed by atoms with E-state index in [1.54, 1.807) is 18.2 Å². The first-order valence-corrected chi connectivity index (χ1v) is 10.2. The van der Waals surface area contributed by atoms with Gasteiger partial charge in [-0.25, -0.2) is 8.42 Å². The van der Waals surface area contributed by atoms with Crippen molar-refractivity contribution in [2.45, 2.75) is 11.1 Å². The number of anilines is 2. The molecule has 0 atom stereocenters. The lowest BCUT2D eigenvalue weighted by Crippen LogP contribution is -2.46. The van der Waals surface area contributed by atoms with Crippen molar-refractivity contribution >= 4 is 44.6 Å². The third kappa shape index (κ3) is 3.97. The number of nitrogens with zero attached hydrogens (tertiary/aromatic N) is 4. The Morgan fingerprint density at radius 2 is 1.92 bits per heavy atom. The molecule has 1 aliphatic rings. The van der Waals surface area contributed by atoms with E-state index in [9.17, 15) is 8.42 Å². The molecule has 2 aromatic heterocycles. The van der Waals surface area contributed by atoms with E-state index in [2.05, 4.69) is 31.6 Å². The number of halogens is 1. The van der Waals surface area contributed by atoms with Crippen LogP contribution in [0.2, 0.25) is 4.34 Å². The maximum absolute atomic E-state index is 12.2. The number of piperazine rings is 1. The number of rotatable bonds is 5. The monoisotopic (exact) mass is 387 g/mol. The summed E-state index contributed by atoms with van der Waals surface area (Å²) in [4.78, 5) is 4.52. The quantitative estimate of drug-likeness (QED) is 0.846. The summed E-state index contributed by atoms with van der Waals surface area (Å²) < 4.78 is 27.4. The van der Waals surface area contributed by atoms with Crippen molar-refractivity contribution in [3.05, 3.63) is 28.6 Å². The molecule has 3 rings (SSSR count). The lowest BCUT2D eigenvalue weighted by Gasteiger charge is -2.34. The average Bonchev–Trinajstić information content (AvgIpc) is 3.03. The molecule has 2 aromatic rings. The minimum atomic E-state index is -3.68. The zero-order chi connectivity index (χ0) is 17.2. The van der Waals surface area contributed by atoms with Crippen molar-refractivity contribution in [2.24, 2.45) is 0 Å². The van der Waals surface area contributed by atoms with Crippen LogP contribution in [-0.2, 0) is 10.0 Å². The van der Waals surface area contributed by atoms with Gasteiger partial charge in [0.1, 0.15) is 4.21 Å². The predicted octanol–water partition coefficient (Wildman–Crippen LogP) is 2.13. The van der Waals surface area contributed by atoms with Gasteiger partial charge in [0.25, 0.3) is 10.0 Å². The van der Waals surface area contributed by atoms with E-state index < -0.39 is 10.0 Å². The molecule has 1 N–H and O–H groups in total. The first-order valence-electron chi connectivity index (χ1n) is 7.57. The van der Waals surface area contributed by atoms with Gasteiger partial charge < -0.3 is 9.80 Å². The van der Waals surface area contributed by atoms with Crippen LogP contribution >= 0.6 is 22.9 Å². The van der Waals surface area contributed by atoms with Gasteiger partial charge in [-0.05, 0) is 30.8 Å². The van der Waals surface area contributed by atoms with Crippen molar-refractivity contribution in [1.29, 1.82) is 0 Å². The molecule has 7 nitrogen and oxygen atoms in total. The topological polar surface area (TPSA) is 78.4 Å². The van der Waals surface area contributed by atoms with Gasteiger partial charge >= 0.3 is 0 Å². The molecular weight excluding hydrogens is 370 g/mol. The highest BCUT2D eigenvalue weighted by atomic mass is 35.5. The van der Waals surface area contributed by atoms with E-state index in [1.165, 1.54) is 6.07 Å². The third-order valence-corrected chi connectivity index (χ3v) is 6.92. The van der Waals surface area contributed by atoms with E-state index in [-0.39, 0.29) is 10.0 Å². The van der Waals surface area contributed by atoms with Crippen molar-refractivity contribution in [3.63, 3.8) is 0 Å². The van der Waals surface area contributed by atoms with Crippen LogP contribution in [0.3, 0.4) is 0 Å². The van der Waals surface area contributed by atoms with Gasteiger partial charge in [-0.15, -0.1) is 21.5 Å². The molecule has 10 heteroatoms. The van der Waals surface area contributed by atoms with Crippen LogP contribution in [0.5, 0.6) is 0 Å². The highest BCUT2D eigenvalue weighted by Gasteiger charge is 2.19. The Morgan fingerprint density at radius 1 is 1.17 bits per heavy atom. The molecule has 0 unspecified atom stereocenters. The molecule has 24 heavy (non-hydrogen) atoms. The fraction of sp³-hybridized carbons (Fsp3) is 0.429. The summed E-state index contributed by atoms with van der Waals surface area (Å²) in [5.41, 5.74) is 0. The summed E-state index contributed by atoms with van der Waals surface area (Å²) in [6, 6.07) is 6.42. The highest BCUT2D eigenvalue weighted by Crippen LogP contribution is 2.27. The second-order valence-electron chi connectivity index (χ2n) is 5.36. The summed E-state index contributed by atoms with van der Waals surface area (Å²) in [5.74, 6) is 0.948. The number of sulfonamides is 1. The molecule has 0 saturated carbocycles. The molecule has 130 valence electrons. The minimum absolute atomic E-state index is 0.147. The Kier molecular flexibility index (Phi) is 5.24. The standard InChI is InChI=1S/C14H18ClN5O2S2/c1-2-19-7-9-20(10-8-19)13-5-4-12(16-17-13)18-24(21,22)14-6-3-11(15)23-14/h3-6H,2,7-10H2,1H3,(H,16,18). The molecule has 0 radical (unpaired) electrons. The van der Waals surface area contributed by atoms with Crippen LogP contribution in [-0.4, -0.2) is 56.2 Å². The molecule has 0 aliphatic carbocycles. The van der Waals surface area contributed by atoms with E-state index in [0.717, 1.165) is 49.9 Å². The molecule has 3 heterocycles. The Balaban J connectivity index is 1.67. The molecule has 1 fully saturated rings. The Labute approximate surface area is 150 Å². The zero-order valence-corrected chi connectivity index (χ0v) is 15.5. The third-order valence-electron chi connectivity index (χ3n) is 3.85. The second kappa shape index (κ2) is 7.22. The van der Waals surface area contributed by atoms with Gasteiger partial charge in [-0.3, -0.25) is 4.72 Å². The highest BCUT2D eigenvalue weighted by molar-refractivity contribution is 7.94. The van der Waals surface area contributed by atoms with Crippen LogP contribution < -0.4 is 9.62 Å². The van der Waals surface area contributed by atoms with Crippen molar-refractivity contribution in [1.82, 2.24) is 15.1 Å². The number of thiophene rings is 1. The number of aromatic nitrogens is 2. The van der Waals surface area contributed by atoms with Gasteiger partial charge in [0, 0.05) is 26.2 Å². The molecule has 1 saturated heterocycles. The van der Waals surface area contributed by atoms with Gasteiger partial charge in [0.15, 0.2) is 11.6 Å². The smallest absolute Gasteiger partial charge is 0.272 e. The van der Waals surface area contributed by atoms with Crippen LogP contribution in [0.4, 0.5) is 11.6 Å². The summed E-state index contributed by atoms with van der Waals surface area (Å²) in [5, 5.41) is 8.13. The molecule has 0 aromatic carbocycles. The maximum atomic E-state index is 12.2. The average molecular weight is 388 g/mol. The van der Waals surface area contributed by atoms with Crippen molar-refractivity contribution < 1.29 is 8.42 Å². The maximum Gasteiger partial charge on any atom is 0.272 e. The molecule has 0 amide bonds. The Morgan fingerprint density at radius 3 is 2.46 bits per heavy atom. The number of hydrogen-bond donors (Lipinski definition) is 1. The SMILES string of the molecule is CCN1CCN(c2ccc(NS(=O)(=O)c3ccc(Cl)s3)nn2)CC1. The van der Waals surface area contributed by atoms with E-state index >= 15 is 0 Å². The molecular formula is C14H18ClN5O2S2. The number of likely N-dealkylation sites (N-methyl/N-ethyl adjacent to an activating group) is 1. The normalized spacial score (nSPS) is 16.3. The first kappa shape index (κ1) is 17.4. The van der Waals surface area contributed by atoms with E-state index in [1.807, 2.05) is 0 Å². The van der Waals surface area contributed by atoms with E-state index in [4.69, 9.17) is 11.6 Å². The number of hydrogen-bond acceptors (Lipinski definition) is 7. The minimum Gasteiger partial charge on any atom is -0.353 e. The van der Waals surface area contributed by atoms with Gasteiger partial charge in [0.05, 0.1) is 4.34 Å². The van der Waals surface area contributed by atoms with Crippen molar-refractivity contribution in [3.8, 4) is 0 Å². The first-order chi connectivity index (χ1) is 11.5. The lowest BCUT2D eigenvalue weighted by molar-refractivity contribution is 0.270. The van der Waals surface area contributed by atoms with Crippen molar-refractivity contribution in [2.75, 3.05) is 42.3 Å². The zero-order valence-electron chi connectivity index (χ0n) is 13.1. The van der Waals surface area contributed by atoms with Crippen LogP contribution in [0, 0.1) is 0 Å². The lowest BCUT2D eigenvalue weighted by atomic mass is 10.3. The predicted molar refractivity (Wildman–Crippen MR) is 96.5 cm³/mol. The summed E-state index contributed by atoms with van der Waals surface area (Å²) in [6.45, 7) is 6.96. The molecule has 0 spiro atoms. The Hall–Kier alpha value is -1.42. The van der Waals surface area contributed by atoms with Crippen LogP contribution in [0.25, 0.3) is 0 Å². The largest absolute Gasteiger partial charge is 0.353 e. The molecule has 0 bridgehead atoms. The fourth-order valence-electron chi connectivity index (χ4n) is 2.47. The summed E-state index contributed by atoms with van der Waals surface area (Å²) >= 11 is 6.78. The molecule has 1 aliphatic heterocycles.